The molecule has 5 nitrogen and oxygen atoms in total. The summed E-state index contributed by atoms with van der Waals surface area (Å²) in [6.45, 7) is 3.97. The number of benzene rings is 2. The number of fused-ring (bicyclic) bond motifs is 1. The maximum Gasteiger partial charge on any atom is 0.383 e. The van der Waals surface area contributed by atoms with E-state index in [1.807, 2.05) is 26.0 Å². The third-order valence-electron chi connectivity index (χ3n) is 4.97. The van der Waals surface area contributed by atoms with Gasteiger partial charge in [-0.1, -0.05) is 18.2 Å². The van der Waals surface area contributed by atoms with E-state index in [1.165, 1.54) is 31.4 Å². The lowest BCUT2D eigenvalue weighted by Gasteiger charge is -2.35. The van der Waals surface area contributed by atoms with Gasteiger partial charge in [0.05, 0.1) is 7.11 Å². The normalized spacial score (nSPS) is 16.3. The number of halogens is 4. The number of nitrogens with one attached hydrogen (secondary N) is 2. The van der Waals surface area contributed by atoms with Gasteiger partial charge >= 0.3 is 18.3 Å². The predicted octanol–water partition coefficient (Wildman–Crippen LogP) is 4.68. The van der Waals surface area contributed by atoms with E-state index in [2.05, 4.69) is 5.32 Å². The van der Waals surface area contributed by atoms with Gasteiger partial charge < -0.3 is 15.4 Å². The topological polar surface area (TPSA) is 67.4 Å². The molecule has 2 aromatic carbocycles. The summed E-state index contributed by atoms with van der Waals surface area (Å²) in [7, 11) is 1.54. The molecule has 0 unspecified atom stereocenters. The second-order valence-corrected chi connectivity index (χ2v) is 8.09. The van der Waals surface area contributed by atoms with Gasteiger partial charge in [0.15, 0.2) is 5.78 Å². The zero-order valence-corrected chi connectivity index (χ0v) is 17.6. The van der Waals surface area contributed by atoms with Crippen LogP contribution in [0.4, 0.5) is 23.2 Å². The van der Waals surface area contributed by atoms with E-state index >= 15 is 0 Å². The molecule has 0 atom stereocenters. The number of ketones is 1. The summed E-state index contributed by atoms with van der Waals surface area (Å²) in [6.07, 6.45) is -2.05. The smallest absolute Gasteiger partial charge is 0.383 e. The summed E-state index contributed by atoms with van der Waals surface area (Å²) in [5.41, 5.74) is 1.93. The first-order valence-electron chi connectivity index (χ1n) is 9.72. The van der Waals surface area contributed by atoms with Crippen LogP contribution in [0.2, 0.25) is 0 Å². The van der Waals surface area contributed by atoms with Crippen molar-refractivity contribution in [1.29, 1.82) is 0 Å². The van der Waals surface area contributed by atoms with Crippen molar-refractivity contribution in [2.45, 2.75) is 38.2 Å². The van der Waals surface area contributed by atoms with Gasteiger partial charge in [0.2, 0.25) is 0 Å². The van der Waals surface area contributed by atoms with Crippen molar-refractivity contribution in [3.8, 4) is 5.75 Å². The Hall–Kier alpha value is -3.36. The number of allylic oxidation sites excluding steroid dienone is 1. The summed E-state index contributed by atoms with van der Waals surface area (Å²) in [5, 5.41) is 5.04. The Labute approximate surface area is 182 Å². The molecule has 0 saturated carbocycles. The number of amides is 1. The highest BCUT2D eigenvalue weighted by Gasteiger charge is 2.49. The molecule has 170 valence electrons. The highest BCUT2D eigenvalue weighted by Crippen LogP contribution is 2.32. The molecule has 0 radical (unpaired) electrons. The average Bonchev–Trinajstić information content (AvgIpc) is 2.72. The molecule has 3 rings (SSSR count). The van der Waals surface area contributed by atoms with Crippen molar-refractivity contribution in [3.63, 3.8) is 0 Å². The molecule has 0 fully saturated rings. The molecular weight excluding hydrogens is 428 g/mol. The molecular formula is C23H22F4N2O3. The van der Waals surface area contributed by atoms with Crippen molar-refractivity contribution >= 4 is 23.1 Å². The molecule has 0 saturated heterocycles. The quantitative estimate of drug-likeness (QED) is 0.381. The van der Waals surface area contributed by atoms with E-state index in [9.17, 15) is 27.2 Å². The molecule has 0 spiro atoms. The van der Waals surface area contributed by atoms with E-state index in [-0.39, 0.29) is 16.8 Å². The number of carbonyl (C=O) groups excluding carboxylic acids is 2. The van der Waals surface area contributed by atoms with Crippen molar-refractivity contribution in [2.24, 2.45) is 0 Å². The van der Waals surface area contributed by atoms with Crippen LogP contribution in [0.3, 0.4) is 0 Å². The van der Waals surface area contributed by atoms with Crippen LogP contribution in [-0.4, -0.2) is 36.7 Å². The number of carbonyl (C=O) groups is 2. The van der Waals surface area contributed by atoms with Crippen molar-refractivity contribution in [2.75, 3.05) is 12.4 Å². The van der Waals surface area contributed by atoms with E-state index < -0.39 is 24.0 Å². The van der Waals surface area contributed by atoms with Crippen LogP contribution < -0.4 is 15.4 Å². The Kier molecular flexibility index (Phi) is 6.29. The van der Waals surface area contributed by atoms with E-state index in [1.54, 1.807) is 11.4 Å². The largest absolute Gasteiger partial charge is 0.497 e. The summed E-state index contributed by atoms with van der Waals surface area (Å²) >= 11 is 0. The van der Waals surface area contributed by atoms with E-state index in [0.29, 0.717) is 11.4 Å². The third kappa shape index (κ3) is 4.92. The van der Waals surface area contributed by atoms with Crippen LogP contribution in [0.1, 0.15) is 35.3 Å². The molecule has 0 bridgehead atoms. The molecule has 1 heterocycles. The van der Waals surface area contributed by atoms with Crippen LogP contribution in [0.25, 0.3) is 5.70 Å². The molecule has 0 aliphatic carbocycles. The third-order valence-corrected chi connectivity index (χ3v) is 4.97. The van der Waals surface area contributed by atoms with Crippen LogP contribution in [0.15, 0.2) is 48.5 Å². The van der Waals surface area contributed by atoms with E-state index in [4.69, 9.17) is 4.74 Å². The highest BCUT2D eigenvalue weighted by atomic mass is 19.3. The Morgan fingerprint density at radius 3 is 2.56 bits per heavy atom. The molecule has 1 aliphatic heterocycles. The Morgan fingerprint density at radius 1 is 1.19 bits per heavy atom. The van der Waals surface area contributed by atoms with Gasteiger partial charge in [-0.2, -0.15) is 8.78 Å². The second kappa shape index (κ2) is 8.64. The van der Waals surface area contributed by atoms with Gasteiger partial charge in [0, 0.05) is 34.1 Å². The number of ether oxygens (including phenoxy) is 1. The first-order valence-corrected chi connectivity index (χ1v) is 9.72. The number of hydrogen-bond donors (Lipinski definition) is 2. The lowest BCUT2D eigenvalue weighted by molar-refractivity contribution is -0.163. The second-order valence-electron chi connectivity index (χ2n) is 8.09. The molecule has 1 aliphatic rings. The van der Waals surface area contributed by atoms with Crippen molar-refractivity contribution < 1.29 is 31.9 Å². The minimum Gasteiger partial charge on any atom is -0.497 e. The molecule has 2 N–H and O–H groups in total. The average molecular weight is 450 g/mol. The summed E-state index contributed by atoms with van der Waals surface area (Å²) in [5.74, 6) is -6.83. The SMILES string of the molecule is COc1ccc2c(c1)/C(=C/C(=O)c1cccc(NC(=O)C(F)(F)C(F)F)c1)NC(C)(C)C2. The van der Waals surface area contributed by atoms with Crippen LogP contribution in [-0.2, 0) is 11.2 Å². The maximum atomic E-state index is 13.2. The fraction of sp³-hybridized carbons (Fsp3) is 0.304. The molecule has 32 heavy (non-hydrogen) atoms. The fourth-order valence-corrected chi connectivity index (χ4v) is 3.43. The summed E-state index contributed by atoms with van der Waals surface area (Å²) in [4.78, 5) is 24.4. The van der Waals surface area contributed by atoms with Crippen LogP contribution in [0.5, 0.6) is 5.75 Å². The van der Waals surface area contributed by atoms with Gasteiger partial charge in [0.25, 0.3) is 0 Å². The lowest BCUT2D eigenvalue weighted by atomic mass is 9.85. The van der Waals surface area contributed by atoms with Crippen LogP contribution in [0, 0.1) is 0 Å². The Bertz CT molecular complexity index is 1080. The number of anilines is 1. The fourth-order valence-electron chi connectivity index (χ4n) is 3.43. The summed E-state index contributed by atoms with van der Waals surface area (Å²) < 4.78 is 56.5. The lowest BCUT2D eigenvalue weighted by Crippen LogP contribution is -2.43. The maximum absolute atomic E-state index is 13.2. The molecule has 9 heteroatoms. The van der Waals surface area contributed by atoms with Gasteiger partial charge in [0.1, 0.15) is 5.75 Å². The number of methoxy groups -OCH3 is 1. The molecule has 2 aromatic rings. The number of hydrogen-bond acceptors (Lipinski definition) is 4. The minimum atomic E-state index is -4.84. The Balaban J connectivity index is 1.90. The van der Waals surface area contributed by atoms with Gasteiger partial charge in [-0.05, 0) is 50.1 Å². The zero-order chi connectivity index (χ0) is 23.7. The van der Waals surface area contributed by atoms with Gasteiger partial charge in [-0.15, -0.1) is 0 Å². The predicted molar refractivity (Wildman–Crippen MR) is 112 cm³/mol. The highest BCUT2D eigenvalue weighted by molar-refractivity contribution is 6.09. The van der Waals surface area contributed by atoms with Gasteiger partial charge in [-0.3, -0.25) is 9.59 Å². The van der Waals surface area contributed by atoms with E-state index in [0.717, 1.165) is 23.6 Å². The minimum absolute atomic E-state index is 0.0882. The van der Waals surface area contributed by atoms with Crippen LogP contribution >= 0.6 is 0 Å². The Morgan fingerprint density at radius 2 is 1.91 bits per heavy atom. The standard InChI is InChI=1S/C23H22F4N2O3/c1-22(2)12-14-7-8-16(32-3)10-17(14)18(29-22)11-19(30)13-5-4-6-15(9-13)28-21(31)23(26,27)20(24)25/h4-11,20,29H,12H2,1-3H3,(H,28,31)/b18-11-. The van der Waals surface area contributed by atoms with Gasteiger partial charge in [-0.25, -0.2) is 8.78 Å². The molecule has 1 amide bonds. The number of alkyl halides is 4. The first kappa shape index (κ1) is 23.3. The van der Waals surface area contributed by atoms with Crippen molar-refractivity contribution in [1.82, 2.24) is 5.32 Å². The molecule has 0 aromatic heterocycles. The van der Waals surface area contributed by atoms with Crippen molar-refractivity contribution in [3.05, 3.63) is 65.2 Å². The monoisotopic (exact) mass is 450 g/mol. The summed E-state index contributed by atoms with van der Waals surface area (Å²) in [6, 6.07) is 10.7. The zero-order valence-electron chi connectivity index (χ0n) is 17.6. The number of rotatable bonds is 6. The first-order chi connectivity index (χ1) is 14.9.